The maximum absolute atomic E-state index is 11.8. The summed E-state index contributed by atoms with van der Waals surface area (Å²) in [6.07, 6.45) is 0.559. The summed E-state index contributed by atoms with van der Waals surface area (Å²) in [7, 11) is 0. The zero-order valence-electron chi connectivity index (χ0n) is 11.3. The van der Waals surface area contributed by atoms with Gasteiger partial charge in [0.25, 0.3) is 5.56 Å². The van der Waals surface area contributed by atoms with Gasteiger partial charge in [-0.05, 0) is 24.6 Å². The second kappa shape index (κ2) is 5.31. The summed E-state index contributed by atoms with van der Waals surface area (Å²) in [6, 6.07) is 8.51. The third-order valence-corrected chi connectivity index (χ3v) is 3.56. The van der Waals surface area contributed by atoms with Crippen molar-refractivity contribution < 1.29 is 5.11 Å². The molecule has 0 saturated carbocycles. The molecular weight excluding hydrogens is 292 g/mol. The lowest BCUT2D eigenvalue weighted by molar-refractivity contribution is 0.156. The van der Waals surface area contributed by atoms with Crippen LogP contribution in [0.4, 0.5) is 0 Å². The molecule has 0 spiro atoms. The van der Waals surface area contributed by atoms with Gasteiger partial charge in [-0.25, -0.2) is 0 Å². The molecule has 2 aromatic heterocycles. The molecule has 3 rings (SSSR count). The molecule has 21 heavy (non-hydrogen) atoms. The minimum atomic E-state index is -0.759. The van der Waals surface area contributed by atoms with Crippen LogP contribution < -0.4 is 5.56 Å². The maximum atomic E-state index is 11.8. The summed E-state index contributed by atoms with van der Waals surface area (Å²) < 4.78 is 2.96. The van der Waals surface area contributed by atoms with E-state index < -0.39 is 6.10 Å². The highest BCUT2D eigenvalue weighted by Gasteiger charge is 2.14. The molecule has 0 amide bonds. The van der Waals surface area contributed by atoms with Crippen LogP contribution in [0.1, 0.15) is 17.4 Å². The van der Waals surface area contributed by atoms with Crippen LogP contribution in [-0.4, -0.2) is 24.3 Å². The van der Waals surface area contributed by atoms with Gasteiger partial charge >= 0.3 is 0 Å². The van der Waals surface area contributed by atoms with Crippen LogP contribution in [0.15, 0.2) is 41.5 Å². The quantitative estimate of drug-likeness (QED) is 0.797. The van der Waals surface area contributed by atoms with Gasteiger partial charge in [0.05, 0.1) is 12.6 Å². The monoisotopic (exact) mass is 304 g/mol. The maximum Gasteiger partial charge on any atom is 0.275 e. The van der Waals surface area contributed by atoms with E-state index in [1.165, 1.54) is 16.9 Å². The Morgan fingerprint density at radius 2 is 2.19 bits per heavy atom. The topological polar surface area (TPSA) is 72.4 Å². The Balaban J connectivity index is 2.02. The van der Waals surface area contributed by atoms with E-state index in [4.69, 9.17) is 11.6 Å². The first-order valence-corrected chi connectivity index (χ1v) is 6.78. The first-order chi connectivity index (χ1) is 10.1. The predicted octanol–water partition coefficient (Wildman–Crippen LogP) is 1.59. The van der Waals surface area contributed by atoms with Crippen molar-refractivity contribution in [1.29, 1.82) is 0 Å². The van der Waals surface area contributed by atoms with Crippen LogP contribution in [0.2, 0.25) is 5.02 Å². The standard InChI is InChI=1S/C14H13ClN4O2/c1-9-5-13(21)19-14(16-8-17-19)18(9)7-12(20)10-3-2-4-11(15)6-10/h2-6,8,12,20H,7H2,1H3. The SMILES string of the molecule is Cc1cc(=O)n2ncnc2n1CC(O)c1cccc(Cl)c1. The normalized spacial score (nSPS) is 12.7. The molecule has 0 aliphatic carbocycles. The zero-order chi connectivity index (χ0) is 15.0. The van der Waals surface area contributed by atoms with Gasteiger partial charge in [0.2, 0.25) is 5.78 Å². The molecular formula is C14H13ClN4O2. The molecule has 6 nitrogen and oxygen atoms in total. The number of aliphatic hydroxyl groups excluding tert-OH is 1. The first-order valence-electron chi connectivity index (χ1n) is 6.40. The van der Waals surface area contributed by atoms with Crippen LogP contribution in [-0.2, 0) is 6.54 Å². The first kappa shape index (κ1) is 13.8. The zero-order valence-corrected chi connectivity index (χ0v) is 12.0. The van der Waals surface area contributed by atoms with Crippen molar-refractivity contribution in [2.45, 2.75) is 19.6 Å². The lowest BCUT2D eigenvalue weighted by Gasteiger charge is -2.16. The fraction of sp³-hybridized carbons (Fsp3) is 0.214. The molecule has 0 bridgehead atoms. The number of fused-ring (bicyclic) bond motifs is 1. The highest BCUT2D eigenvalue weighted by Crippen LogP contribution is 2.20. The second-order valence-corrected chi connectivity index (χ2v) is 5.21. The van der Waals surface area contributed by atoms with Gasteiger partial charge in [-0.15, -0.1) is 0 Å². The molecule has 7 heteroatoms. The molecule has 108 valence electrons. The number of aromatic nitrogens is 4. The van der Waals surface area contributed by atoms with Crippen LogP contribution >= 0.6 is 11.6 Å². The highest BCUT2D eigenvalue weighted by molar-refractivity contribution is 6.30. The molecule has 1 atom stereocenters. The molecule has 1 N–H and O–H groups in total. The fourth-order valence-corrected chi connectivity index (χ4v) is 2.47. The molecule has 0 radical (unpaired) electrons. The number of aliphatic hydroxyl groups is 1. The van der Waals surface area contributed by atoms with Crippen molar-refractivity contribution in [2.75, 3.05) is 0 Å². The van der Waals surface area contributed by atoms with Crippen LogP contribution in [0.5, 0.6) is 0 Å². The van der Waals surface area contributed by atoms with E-state index in [0.29, 0.717) is 22.1 Å². The second-order valence-electron chi connectivity index (χ2n) is 4.78. The highest BCUT2D eigenvalue weighted by atomic mass is 35.5. The summed E-state index contributed by atoms with van der Waals surface area (Å²) in [4.78, 5) is 15.9. The predicted molar refractivity (Wildman–Crippen MR) is 78.4 cm³/mol. The van der Waals surface area contributed by atoms with E-state index in [0.717, 1.165) is 0 Å². The van der Waals surface area contributed by atoms with Gasteiger partial charge in [0.1, 0.15) is 6.33 Å². The Kier molecular flexibility index (Phi) is 3.48. The lowest BCUT2D eigenvalue weighted by Crippen LogP contribution is -2.22. The van der Waals surface area contributed by atoms with E-state index in [1.807, 2.05) is 0 Å². The van der Waals surface area contributed by atoms with Crippen molar-refractivity contribution in [2.24, 2.45) is 0 Å². The minimum absolute atomic E-state index is 0.242. The number of benzene rings is 1. The summed E-state index contributed by atoms with van der Waals surface area (Å²) >= 11 is 5.94. The van der Waals surface area contributed by atoms with Gasteiger partial charge in [0, 0.05) is 16.8 Å². The molecule has 1 aromatic carbocycles. The number of hydrogen-bond acceptors (Lipinski definition) is 4. The lowest BCUT2D eigenvalue weighted by atomic mass is 10.1. The van der Waals surface area contributed by atoms with Crippen LogP contribution in [0.25, 0.3) is 5.78 Å². The average molecular weight is 305 g/mol. The van der Waals surface area contributed by atoms with E-state index in [9.17, 15) is 9.90 Å². The van der Waals surface area contributed by atoms with Gasteiger partial charge in [0.15, 0.2) is 0 Å². The Labute approximate surface area is 125 Å². The van der Waals surface area contributed by atoms with Crippen molar-refractivity contribution in [1.82, 2.24) is 19.2 Å². The van der Waals surface area contributed by atoms with E-state index >= 15 is 0 Å². The summed E-state index contributed by atoms with van der Waals surface area (Å²) in [5.41, 5.74) is 1.17. The number of rotatable bonds is 3. The van der Waals surface area contributed by atoms with Crippen LogP contribution in [0.3, 0.4) is 0 Å². The minimum Gasteiger partial charge on any atom is -0.387 e. The fourth-order valence-electron chi connectivity index (χ4n) is 2.27. The summed E-state index contributed by atoms with van der Waals surface area (Å²) in [6.45, 7) is 2.05. The Morgan fingerprint density at radius 1 is 1.38 bits per heavy atom. The smallest absolute Gasteiger partial charge is 0.275 e. The molecule has 0 aliphatic heterocycles. The molecule has 2 heterocycles. The third-order valence-electron chi connectivity index (χ3n) is 3.33. The largest absolute Gasteiger partial charge is 0.387 e. The molecule has 3 aromatic rings. The Hall–Kier alpha value is -2.18. The molecule has 1 unspecified atom stereocenters. The van der Waals surface area contributed by atoms with Crippen molar-refractivity contribution in [3.63, 3.8) is 0 Å². The van der Waals surface area contributed by atoms with Crippen molar-refractivity contribution in [3.8, 4) is 0 Å². The molecule has 0 saturated heterocycles. The number of hydrogen-bond donors (Lipinski definition) is 1. The number of aryl methyl sites for hydroxylation is 1. The van der Waals surface area contributed by atoms with E-state index in [2.05, 4.69) is 10.1 Å². The Bertz CT molecular complexity index is 856. The number of halogens is 1. The Morgan fingerprint density at radius 3 is 2.95 bits per heavy atom. The van der Waals surface area contributed by atoms with Gasteiger partial charge in [-0.3, -0.25) is 4.79 Å². The van der Waals surface area contributed by atoms with Gasteiger partial charge < -0.3 is 9.67 Å². The summed E-state index contributed by atoms with van der Waals surface area (Å²) in [5.74, 6) is 0.404. The summed E-state index contributed by atoms with van der Waals surface area (Å²) in [5, 5.41) is 14.8. The van der Waals surface area contributed by atoms with E-state index in [1.54, 1.807) is 35.8 Å². The van der Waals surface area contributed by atoms with Crippen molar-refractivity contribution in [3.05, 3.63) is 63.3 Å². The van der Waals surface area contributed by atoms with E-state index in [-0.39, 0.29) is 12.1 Å². The van der Waals surface area contributed by atoms with Gasteiger partial charge in [-0.2, -0.15) is 14.6 Å². The number of nitrogens with zero attached hydrogens (tertiary/aromatic N) is 4. The third kappa shape index (κ3) is 2.55. The van der Waals surface area contributed by atoms with Crippen molar-refractivity contribution >= 4 is 17.4 Å². The van der Waals surface area contributed by atoms with Crippen LogP contribution in [0, 0.1) is 6.92 Å². The van der Waals surface area contributed by atoms with Gasteiger partial charge in [-0.1, -0.05) is 23.7 Å². The molecule has 0 aliphatic rings. The average Bonchev–Trinajstić information content (AvgIpc) is 2.93. The molecule has 0 fully saturated rings.